The van der Waals surface area contributed by atoms with E-state index in [2.05, 4.69) is 13.8 Å². The molecule has 0 aromatic rings. The minimum absolute atomic E-state index is 0.695. The molecule has 0 saturated carbocycles. The molecule has 0 fully saturated rings. The summed E-state index contributed by atoms with van der Waals surface area (Å²) < 4.78 is 17.1. The Kier molecular flexibility index (Phi) is 39.8. The number of hydrogen-bond donors (Lipinski definition) is 0. The van der Waals surface area contributed by atoms with Gasteiger partial charge >= 0.3 is 0 Å². The predicted octanol–water partition coefficient (Wildman–Crippen LogP) is 12.8. The van der Waals surface area contributed by atoms with Crippen LogP contribution in [-0.2, 0) is 14.2 Å². The molecule has 248 valence electrons. The Morgan fingerprint density at radius 3 is 0.585 bits per heavy atom. The van der Waals surface area contributed by atoms with E-state index in [4.69, 9.17) is 14.2 Å². The third kappa shape index (κ3) is 39.9. The highest BCUT2D eigenvalue weighted by Crippen LogP contribution is 2.14. The van der Waals surface area contributed by atoms with Crippen LogP contribution in [0.1, 0.15) is 206 Å². The lowest BCUT2D eigenvalue weighted by Gasteiger charge is -2.07. The lowest BCUT2D eigenvalue weighted by atomic mass is 10.0. The van der Waals surface area contributed by atoms with Crippen LogP contribution in [0.4, 0.5) is 0 Å². The van der Waals surface area contributed by atoms with Gasteiger partial charge < -0.3 is 14.2 Å². The van der Waals surface area contributed by atoms with Crippen LogP contribution in [0.5, 0.6) is 0 Å². The van der Waals surface area contributed by atoms with Gasteiger partial charge in [0.25, 0.3) is 0 Å². The quantitative estimate of drug-likeness (QED) is 0.0678. The van der Waals surface area contributed by atoms with Crippen LogP contribution >= 0.6 is 0 Å². The largest absolute Gasteiger partial charge is 0.379 e. The normalized spacial score (nSPS) is 11.6. The Morgan fingerprint density at radius 2 is 0.366 bits per heavy atom. The SMILES string of the molecule is CCCCCCCCCCCCCCCCCCOCCOCCOCCCCCCCCCCCCCCCC. The molecule has 0 N–H and O–H groups in total. The van der Waals surface area contributed by atoms with Crippen molar-refractivity contribution >= 4 is 0 Å². The maximum absolute atomic E-state index is 5.72. The van der Waals surface area contributed by atoms with Gasteiger partial charge in [0.15, 0.2) is 0 Å². The monoisotopic (exact) mass is 583 g/mol. The predicted molar refractivity (Wildman–Crippen MR) is 182 cm³/mol. The number of hydrogen-bond acceptors (Lipinski definition) is 3. The van der Waals surface area contributed by atoms with Gasteiger partial charge in [0.1, 0.15) is 0 Å². The fraction of sp³-hybridized carbons (Fsp3) is 1.00. The van der Waals surface area contributed by atoms with E-state index < -0.39 is 0 Å². The Balaban J connectivity index is 3.02. The molecule has 0 aromatic carbocycles. The smallest absolute Gasteiger partial charge is 0.0701 e. The van der Waals surface area contributed by atoms with E-state index in [1.165, 1.54) is 193 Å². The first kappa shape index (κ1) is 40.9. The second-order valence-corrected chi connectivity index (χ2v) is 12.7. The van der Waals surface area contributed by atoms with Crippen molar-refractivity contribution in [3.8, 4) is 0 Å². The number of unbranched alkanes of at least 4 members (excludes halogenated alkanes) is 28. The van der Waals surface area contributed by atoms with Crippen LogP contribution in [0.25, 0.3) is 0 Å². The highest BCUT2D eigenvalue weighted by Gasteiger charge is 1.97. The minimum atomic E-state index is 0.695. The van der Waals surface area contributed by atoms with E-state index in [0.717, 1.165) is 26.4 Å². The molecule has 0 saturated heterocycles. The molecule has 0 spiro atoms. The van der Waals surface area contributed by atoms with Gasteiger partial charge in [0, 0.05) is 13.2 Å². The Morgan fingerprint density at radius 1 is 0.195 bits per heavy atom. The summed E-state index contributed by atoms with van der Waals surface area (Å²) in [4.78, 5) is 0. The summed E-state index contributed by atoms with van der Waals surface area (Å²) in [5.74, 6) is 0. The maximum atomic E-state index is 5.72. The fourth-order valence-corrected chi connectivity index (χ4v) is 5.69. The van der Waals surface area contributed by atoms with Crippen molar-refractivity contribution in [2.24, 2.45) is 0 Å². The zero-order valence-electron chi connectivity index (χ0n) is 28.7. The summed E-state index contributed by atoms with van der Waals surface area (Å²) in [6, 6.07) is 0. The standard InChI is InChI=1S/C38H78O3/c1-3-5-7-9-11-13-15-17-19-20-22-24-26-28-30-32-34-40-36-38-41-37-35-39-33-31-29-27-25-23-21-18-16-14-12-10-8-6-4-2/h3-38H2,1-2H3. The molecule has 0 bridgehead atoms. The second kappa shape index (κ2) is 39.9. The first-order chi connectivity index (χ1) is 20.4. The van der Waals surface area contributed by atoms with Gasteiger partial charge in [0.05, 0.1) is 26.4 Å². The van der Waals surface area contributed by atoms with E-state index in [9.17, 15) is 0 Å². The second-order valence-electron chi connectivity index (χ2n) is 12.7. The average Bonchev–Trinajstić information content (AvgIpc) is 2.98. The van der Waals surface area contributed by atoms with Crippen LogP contribution in [0.15, 0.2) is 0 Å². The molecule has 3 heteroatoms. The van der Waals surface area contributed by atoms with Crippen molar-refractivity contribution in [1.29, 1.82) is 0 Å². The molecular formula is C38H78O3. The summed E-state index contributed by atoms with van der Waals surface area (Å²) in [7, 11) is 0. The molecule has 0 unspecified atom stereocenters. The third-order valence-corrected chi connectivity index (χ3v) is 8.53. The van der Waals surface area contributed by atoms with Gasteiger partial charge in [-0.15, -0.1) is 0 Å². The first-order valence-electron chi connectivity index (χ1n) is 19.1. The van der Waals surface area contributed by atoms with E-state index in [-0.39, 0.29) is 0 Å². The van der Waals surface area contributed by atoms with Gasteiger partial charge in [-0.05, 0) is 12.8 Å². The zero-order valence-corrected chi connectivity index (χ0v) is 28.7. The number of ether oxygens (including phenoxy) is 3. The van der Waals surface area contributed by atoms with E-state index in [0.29, 0.717) is 13.2 Å². The van der Waals surface area contributed by atoms with Crippen LogP contribution in [0.2, 0.25) is 0 Å². The zero-order chi connectivity index (χ0) is 29.6. The van der Waals surface area contributed by atoms with Gasteiger partial charge in [-0.25, -0.2) is 0 Å². The van der Waals surface area contributed by atoms with Gasteiger partial charge in [0.2, 0.25) is 0 Å². The lowest BCUT2D eigenvalue weighted by Crippen LogP contribution is -2.10. The lowest BCUT2D eigenvalue weighted by molar-refractivity contribution is 0.0132. The molecule has 0 atom stereocenters. The number of rotatable bonds is 38. The molecule has 3 nitrogen and oxygen atoms in total. The van der Waals surface area contributed by atoms with Crippen molar-refractivity contribution in [2.45, 2.75) is 206 Å². The molecule has 0 aliphatic heterocycles. The van der Waals surface area contributed by atoms with Crippen LogP contribution in [0.3, 0.4) is 0 Å². The van der Waals surface area contributed by atoms with Gasteiger partial charge in [-0.1, -0.05) is 194 Å². The van der Waals surface area contributed by atoms with Crippen molar-refractivity contribution in [3.63, 3.8) is 0 Å². The molecule has 0 aliphatic carbocycles. The highest BCUT2D eigenvalue weighted by molar-refractivity contribution is 4.51. The van der Waals surface area contributed by atoms with Crippen LogP contribution < -0.4 is 0 Å². The summed E-state index contributed by atoms with van der Waals surface area (Å²) in [5.41, 5.74) is 0. The minimum Gasteiger partial charge on any atom is -0.379 e. The molecule has 0 radical (unpaired) electrons. The molecule has 0 heterocycles. The van der Waals surface area contributed by atoms with Crippen molar-refractivity contribution < 1.29 is 14.2 Å². The summed E-state index contributed by atoms with van der Waals surface area (Å²) >= 11 is 0. The third-order valence-electron chi connectivity index (χ3n) is 8.53. The summed E-state index contributed by atoms with van der Waals surface area (Å²) in [6.45, 7) is 9.19. The molecule has 41 heavy (non-hydrogen) atoms. The Bertz CT molecular complexity index is 390. The van der Waals surface area contributed by atoms with E-state index in [1.54, 1.807) is 0 Å². The average molecular weight is 583 g/mol. The topological polar surface area (TPSA) is 27.7 Å². The molecule has 0 aliphatic rings. The first-order valence-corrected chi connectivity index (χ1v) is 19.1. The van der Waals surface area contributed by atoms with Crippen molar-refractivity contribution in [3.05, 3.63) is 0 Å². The van der Waals surface area contributed by atoms with Crippen molar-refractivity contribution in [1.82, 2.24) is 0 Å². The van der Waals surface area contributed by atoms with E-state index >= 15 is 0 Å². The van der Waals surface area contributed by atoms with Gasteiger partial charge in [-0.2, -0.15) is 0 Å². The van der Waals surface area contributed by atoms with E-state index in [1.807, 2.05) is 0 Å². The Labute approximate surface area is 260 Å². The van der Waals surface area contributed by atoms with Gasteiger partial charge in [-0.3, -0.25) is 0 Å². The molecule has 0 aromatic heterocycles. The molecular weight excluding hydrogens is 504 g/mol. The molecule has 0 rings (SSSR count). The fourth-order valence-electron chi connectivity index (χ4n) is 5.69. The summed E-state index contributed by atoms with van der Waals surface area (Å²) in [6.07, 6.45) is 42.2. The van der Waals surface area contributed by atoms with Crippen LogP contribution in [0, 0.1) is 0 Å². The van der Waals surface area contributed by atoms with Crippen LogP contribution in [-0.4, -0.2) is 39.6 Å². The Hall–Kier alpha value is -0.120. The maximum Gasteiger partial charge on any atom is 0.0701 e. The summed E-state index contributed by atoms with van der Waals surface area (Å²) in [5, 5.41) is 0. The molecule has 0 amide bonds. The van der Waals surface area contributed by atoms with Crippen molar-refractivity contribution in [2.75, 3.05) is 39.6 Å². The highest BCUT2D eigenvalue weighted by atomic mass is 16.5.